The average Bonchev–Trinajstić information content (AvgIpc) is 2.96. The molecular formula is C18H21NO5. The summed E-state index contributed by atoms with van der Waals surface area (Å²) in [6, 6.07) is 2.97. The first-order valence-corrected chi connectivity index (χ1v) is 8.08. The second-order valence-corrected chi connectivity index (χ2v) is 5.64. The van der Waals surface area contributed by atoms with Gasteiger partial charge >= 0.3 is 0 Å². The van der Waals surface area contributed by atoms with Gasteiger partial charge in [0.05, 0.1) is 11.6 Å². The number of rotatable bonds is 6. The summed E-state index contributed by atoms with van der Waals surface area (Å²) in [6.07, 6.45) is 1.29. The number of fused-ring (bicyclic) bond motifs is 2. The summed E-state index contributed by atoms with van der Waals surface area (Å²) in [5.74, 6) is 0.842. The van der Waals surface area contributed by atoms with Crippen LogP contribution >= 0.6 is 0 Å². The van der Waals surface area contributed by atoms with E-state index in [4.69, 9.17) is 13.6 Å². The fraction of sp³-hybridized carbons (Fsp3) is 0.389. The van der Waals surface area contributed by atoms with E-state index < -0.39 is 0 Å². The van der Waals surface area contributed by atoms with Crippen molar-refractivity contribution in [1.29, 1.82) is 0 Å². The molecule has 24 heavy (non-hydrogen) atoms. The Morgan fingerprint density at radius 1 is 1.25 bits per heavy atom. The van der Waals surface area contributed by atoms with Crippen LogP contribution in [0.25, 0.3) is 21.9 Å². The molecule has 1 N–H and O–H groups in total. The molecule has 0 bridgehead atoms. The molecule has 0 aliphatic heterocycles. The molecule has 0 atom stereocenters. The molecule has 2 heterocycles. The first-order valence-electron chi connectivity index (χ1n) is 8.08. The van der Waals surface area contributed by atoms with Crippen molar-refractivity contribution in [3.05, 3.63) is 34.4 Å². The SMILES string of the molecule is CCN(CC)CCOc1c2oc(C)cc2c(O)c2c(=O)ccoc12. The zero-order valence-electron chi connectivity index (χ0n) is 14.1. The molecule has 2 aromatic heterocycles. The van der Waals surface area contributed by atoms with E-state index in [1.165, 1.54) is 12.3 Å². The number of ether oxygens (including phenoxy) is 1. The van der Waals surface area contributed by atoms with Crippen molar-refractivity contribution in [2.45, 2.75) is 20.8 Å². The van der Waals surface area contributed by atoms with Crippen LogP contribution in [0, 0.1) is 6.92 Å². The predicted molar refractivity (Wildman–Crippen MR) is 91.9 cm³/mol. The van der Waals surface area contributed by atoms with E-state index in [0.717, 1.165) is 19.6 Å². The normalized spacial score (nSPS) is 11.7. The Bertz CT molecular complexity index is 920. The van der Waals surface area contributed by atoms with Gasteiger partial charge < -0.3 is 23.6 Å². The van der Waals surface area contributed by atoms with Gasteiger partial charge in [0.1, 0.15) is 23.5 Å². The fourth-order valence-corrected chi connectivity index (χ4v) is 2.85. The van der Waals surface area contributed by atoms with Gasteiger partial charge in [0.15, 0.2) is 16.6 Å². The molecule has 0 radical (unpaired) electrons. The summed E-state index contributed by atoms with van der Waals surface area (Å²) in [4.78, 5) is 14.4. The summed E-state index contributed by atoms with van der Waals surface area (Å²) in [5.41, 5.74) is 0.288. The van der Waals surface area contributed by atoms with E-state index in [-0.39, 0.29) is 22.1 Å². The number of likely N-dealkylation sites (N-methyl/N-ethyl adjacent to an activating group) is 1. The van der Waals surface area contributed by atoms with E-state index in [0.29, 0.717) is 29.1 Å². The lowest BCUT2D eigenvalue weighted by molar-refractivity contribution is 0.222. The highest BCUT2D eigenvalue weighted by Gasteiger charge is 2.22. The number of aryl methyl sites for hydroxylation is 1. The molecule has 0 saturated heterocycles. The molecule has 6 nitrogen and oxygen atoms in total. The molecule has 1 aromatic carbocycles. The Morgan fingerprint density at radius 3 is 2.71 bits per heavy atom. The zero-order chi connectivity index (χ0) is 17.3. The third-order valence-electron chi connectivity index (χ3n) is 4.19. The number of hydrogen-bond donors (Lipinski definition) is 1. The number of hydrogen-bond acceptors (Lipinski definition) is 6. The second kappa shape index (κ2) is 6.57. The number of benzene rings is 1. The van der Waals surface area contributed by atoms with Gasteiger partial charge in [-0.15, -0.1) is 0 Å². The average molecular weight is 331 g/mol. The standard InChI is InChI=1S/C18H21NO5/c1-4-19(5-2)7-9-23-18-16-12(10-11(3)24-16)15(21)14-13(20)6-8-22-17(14)18/h6,8,10,21H,4-5,7,9H2,1-3H3. The van der Waals surface area contributed by atoms with Crippen LogP contribution in [-0.4, -0.2) is 36.2 Å². The van der Waals surface area contributed by atoms with E-state index in [1.54, 1.807) is 13.0 Å². The molecule has 128 valence electrons. The summed E-state index contributed by atoms with van der Waals surface area (Å²) in [6.45, 7) is 8.99. The number of aromatic hydroxyl groups is 1. The van der Waals surface area contributed by atoms with Gasteiger partial charge in [0.25, 0.3) is 0 Å². The van der Waals surface area contributed by atoms with Crippen LogP contribution in [0.1, 0.15) is 19.6 Å². The third kappa shape index (κ3) is 2.73. The lowest BCUT2D eigenvalue weighted by Crippen LogP contribution is -2.28. The molecule has 0 aliphatic carbocycles. The Morgan fingerprint density at radius 2 is 2.00 bits per heavy atom. The fourth-order valence-electron chi connectivity index (χ4n) is 2.85. The summed E-state index contributed by atoms with van der Waals surface area (Å²) in [5, 5.41) is 11.0. The van der Waals surface area contributed by atoms with E-state index in [9.17, 15) is 9.90 Å². The van der Waals surface area contributed by atoms with Crippen molar-refractivity contribution in [1.82, 2.24) is 4.90 Å². The lowest BCUT2D eigenvalue weighted by Gasteiger charge is -2.18. The maximum Gasteiger partial charge on any atom is 0.206 e. The second-order valence-electron chi connectivity index (χ2n) is 5.64. The minimum atomic E-state index is -0.317. The van der Waals surface area contributed by atoms with Crippen LogP contribution in [0.15, 0.2) is 32.0 Å². The third-order valence-corrected chi connectivity index (χ3v) is 4.19. The largest absolute Gasteiger partial charge is 0.506 e. The molecule has 3 aromatic rings. The molecule has 0 saturated carbocycles. The maximum absolute atomic E-state index is 12.2. The molecule has 0 unspecified atom stereocenters. The number of nitrogens with zero attached hydrogens (tertiary/aromatic N) is 1. The van der Waals surface area contributed by atoms with Gasteiger partial charge in [-0.1, -0.05) is 13.8 Å². The van der Waals surface area contributed by atoms with Crippen LogP contribution in [-0.2, 0) is 0 Å². The minimum absolute atomic E-state index is 0.114. The smallest absolute Gasteiger partial charge is 0.206 e. The van der Waals surface area contributed by atoms with Gasteiger partial charge in [0, 0.05) is 12.6 Å². The Balaban J connectivity index is 2.11. The molecular weight excluding hydrogens is 310 g/mol. The van der Waals surface area contributed by atoms with Gasteiger partial charge in [0.2, 0.25) is 5.75 Å². The van der Waals surface area contributed by atoms with Gasteiger partial charge in [-0.25, -0.2) is 0 Å². The maximum atomic E-state index is 12.2. The van der Waals surface area contributed by atoms with Gasteiger partial charge in [-0.2, -0.15) is 0 Å². The zero-order valence-corrected chi connectivity index (χ0v) is 14.1. The quantitative estimate of drug-likeness (QED) is 0.747. The van der Waals surface area contributed by atoms with Crippen molar-refractivity contribution < 1.29 is 18.7 Å². The van der Waals surface area contributed by atoms with Crippen molar-refractivity contribution >= 4 is 21.9 Å². The molecule has 0 spiro atoms. The van der Waals surface area contributed by atoms with Crippen LogP contribution in [0.4, 0.5) is 0 Å². The Kier molecular flexibility index (Phi) is 4.49. The molecule has 3 rings (SSSR count). The Hall–Kier alpha value is -2.47. The highest BCUT2D eigenvalue weighted by Crippen LogP contribution is 2.42. The highest BCUT2D eigenvalue weighted by molar-refractivity contribution is 6.06. The predicted octanol–water partition coefficient (Wildman–Crippen LogP) is 3.27. The van der Waals surface area contributed by atoms with Crippen LogP contribution < -0.4 is 10.2 Å². The summed E-state index contributed by atoms with van der Waals surface area (Å²) in [7, 11) is 0. The van der Waals surface area contributed by atoms with Crippen molar-refractivity contribution in [2.24, 2.45) is 0 Å². The molecule has 0 aliphatic rings. The van der Waals surface area contributed by atoms with Crippen molar-refractivity contribution in [2.75, 3.05) is 26.2 Å². The van der Waals surface area contributed by atoms with Crippen LogP contribution in [0.5, 0.6) is 11.5 Å². The number of phenolic OH excluding ortho intramolecular Hbond substituents is 1. The monoisotopic (exact) mass is 331 g/mol. The van der Waals surface area contributed by atoms with Crippen LogP contribution in [0.3, 0.4) is 0 Å². The molecule has 0 fully saturated rings. The topological polar surface area (TPSA) is 76.1 Å². The van der Waals surface area contributed by atoms with Crippen LogP contribution in [0.2, 0.25) is 0 Å². The highest BCUT2D eigenvalue weighted by atomic mass is 16.5. The van der Waals surface area contributed by atoms with E-state index in [2.05, 4.69) is 18.7 Å². The molecule has 6 heteroatoms. The first kappa shape index (κ1) is 16.4. The number of phenols is 1. The number of furan rings is 1. The Labute approximate surface area is 139 Å². The first-order chi connectivity index (χ1) is 11.6. The minimum Gasteiger partial charge on any atom is -0.506 e. The summed E-state index contributed by atoms with van der Waals surface area (Å²) >= 11 is 0. The van der Waals surface area contributed by atoms with E-state index >= 15 is 0 Å². The van der Waals surface area contributed by atoms with Crippen molar-refractivity contribution in [3.63, 3.8) is 0 Å². The summed E-state index contributed by atoms with van der Waals surface area (Å²) < 4.78 is 17.1. The van der Waals surface area contributed by atoms with E-state index in [1.807, 2.05) is 0 Å². The lowest BCUT2D eigenvalue weighted by atomic mass is 10.1. The van der Waals surface area contributed by atoms with Gasteiger partial charge in [-0.05, 0) is 26.1 Å². The molecule has 0 amide bonds. The van der Waals surface area contributed by atoms with Gasteiger partial charge in [-0.3, -0.25) is 4.79 Å². The van der Waals surface area contributed by atoms with Crippen molar-refractivity contribution in [3.8, 4) is 11.5 Å².